The van der Waals surface area contributed by atoms with Crippen LogP contribution in [0.25, 0.3) is 0 Å². The van der Waals surface area contributed by atoms with Gasteiger partial charge in [0.2, 0.25) is 5.91 Å². The van der Waals surface area contributed by atoms with Gasteiger partial charge in [-0.25, -0.2) is 0 Å². The number of carbonyl (C=O) groups excluding carboxylic acids is 1. The first-order valence-electron chi connectivity index (χ1n) is 8.62. The van der Waals surface area contributed by atoms with Crippen molar-refractivity contribution in [1.82, 2.24) is 4.90 Å². The summed E-state index contributed by atoms with van der Waals surface area (Å²) in [5.41, 5.74) is 4.29. The minimum Gasteiger partial charge on any atom is -0.368 e. The van der Waals surface area contributed by atoms with Crippen molar-refractivity contribution in [1.29, 1.82) is 0 Å². The molecule has 2 aromatic carbocycles. The topological polar surface area (TPSA) is 35.6 Å². The van der Waals surface area contributed by atoms with Gasteiger partial charge in [-0.15, -0.1) is 0 Å². The summed E-state index contributed by atoms with van der Waals surface area (Å²) in [6.07, 6.45) is 0. The summed E-state index contributed by atoms with van der Waals surface area (Å²) in [4.78, 5) is 16.8. The van der Waals surface area contributed by atoms with Crippen LogP contribution in [0, 0.1) is 13.8 Å². The van der Waals surface area contributed by atoms with Gasteiger partial charge in [0.05, 0.1) is 17.3 Å². The molecule has 5 heteroatoms. The van der Waals surface area contributed by atoms with Gasteiger partial charge in [0.15, 0.2) is 0 Å². The van der Waals surface area contributed by atoms with E-state index in [1.165, 1.54) is 5.56 Å². The number of benzene rings is 2. The summed E-state index contributed by atoms with van der Waals surface area (Å²) in [7, 11) is 0. The number of nitrogens with one attached hydrogen (secondary N) is 1. The average Bonchev–Trinajstić information content (AvgIpc) is 2.60. The summed E-state index contributed by atoms with van der Waals surface area (Å²) in [6, 6.07) is 13.9. The highest BCUT2D eigenvalue weighted by Gasteiger charge is 2.20. The molecule has 0 aromatic heterocycles. The fourth-order valence-corrected chi connectivity index (χ4v) is 3.39. The lowest BCUT2D eigenvalue weighted by Gasteiger charge is -2.36. The van der Waals surface area contributed by atoms with E-state index in [4.69, 9.17) is 11.6 Å². The molecule has 4 nitrogen and oxygen atoms in total. The zero-order valence-electron chi connectivity index (χ0n) is 14.8. The maximum atomic E-state index is 12.4. The van der Waals surface area contributed by atoms with E-state index < -0.39 is 0 Å². The van der Waals surface area contributed by atoms with Crippen molar-refractivity contribution in [3.8, 4) is 0 Å². The fourth-order valence-electron chi connectivity index (χ4n) is 3.13. The zero-order chi connectivity index (χ0) is 17.8. The van der Waals surface area contributed by atoms with Gasteiger partial charge in [0.25, 0.3) is 0 Å². The number of halogens is 1. The van der Waals surface area contributed by atoms with Crippen LogP contribution in [0.15, 0.2) is 42.5 Å². The zero-order valence-corrected chi connectivity index (χ0v) is 15.5. The van der Waals surface area contributed by atoms with Gasteiger partial charge >= 0.3 is 0 Å². The lowest BCUT2D eigenvalue weighted by molar-refractivity contribution is -0.117. The van der Waals surface area contributed by atoms with Crippen LogP contribution in [-0.4, -0.2) is 43.5 Å². The second-order valence-corrected chi connectivity index (χ2v) is 6.92. The first kappa shape index (κ1) is 17.8. The van der Waals surface area contributed by atoms with Crippen LogP contribution in [0.5, 0.6) is 0 Å². The minimum absolute atomic E-state index is 0.0416. The maximum absolute atomic E-state index is 12.4. The smallest absolute Gasteiger partial charge is 0.238 e. The molecule has 1 N–H and O–H groups in total. The molecule has 0 aliphatic carbocycles. The quantitative estimate of drug-likeness (QED) is 0.905. The Morgan fingerprint density at radius 1 is 1.04 bits per heavy atom. The molecule has 0 radical (unpaired) electrons. The average molecular weight is 358 g/mol. The summed E-state index contributed by atoms with van der Waals surface area (Å²) in [5.74, 6) is 0.0416. The lowest BCUT2D eigenvalue weighted by atomic mass is 10.1. The number of hydrogen-bond acceptors (Lipinski definition) is 3. The number of hydrogen-bond donors (Lipinski definition) is 1. The van der Waals surface area contributed by atoms with Crippen LogP contribution >= 0.6 is 11.6 Å². The number of rotatable bonds is 4. The highest BCUT2D eigenvalue weighted by atomic mass is 35.5. The molecule has 1 amide bonds. The van der Waals surface area contributed by atoms with Gasteiger partial charge < -0.3 is 10.2 Å². The Morgan fingerprint density at radius 3 is 2.48 bits per heavy atom. The van der Waals surface area contributed by atoms with Crippen LogP contribution in [0.1, 0.15) is 11.1 Å². The molecular formula is C20H24ClN3O. The molecular weight excluding hydrogens is 334 g/mol. The Labute approximate surface area is 154 Å². The number of aryl methyl sites for hydroxylation is 1. The first-order chi connectivity index (χ1) is 12.0. The van der Waals surface area contributed by atoms with Gasteiger partial charge in [0.1, 0.15) is 0 Å². The van der Waals surface area contributed by atoms with E-state index in [9.17, 15) is 4.79 Å². The Bertz CT molecular complexity index is 754. The van der Waals surface area contributed by atoms with E-state index in [0.29, 0.717) is 6.54 Å². The number of anilines is 2. The van der Waals surface area contributed by atoms with Crippen molar-refractivity contribution < 1.29 is 4.79 Å². The highest BCUT2D eigenvalue weighted by Crippen LogP contribution is 2.26. The predicted octanol–water partition coefficient (Wildman–Crippen LogP) is 3.72. The van der Waals surface area contributed by atoms with E-state index in [2.05, 4.69) is 28.1 Å². The SMILES string of the molecule is Cc1cccc(NC(=O)CN2CCN(c3ccccc3Cl)CC2)c1C. The number of amides is 1. The third-order valence-electron chi connectivity index (χ3n) is 4.81. The van der Waals surface area contributed by atoms with Gasteiger partial charge in [-0.2, -0.15) is 0 Å². The molecule has 2 aromatic rings. The van der Waals surface area contributed by atoms with Crippen LogP contribution < -0.4 is 10.2 Å². The van der Waals surface area contributed by atoms with Crippen molar-refractivity contribution in [2.75, 3.05) is 42.9 Å². The molecule has 0 unspecified atom stereocenters. The molecule has 3 rings (SSSR count). The standard InChI is InChI=1S/C20H24ClN3O/c1-15-6-5-8-18(16(15)2)22-20(25)14-23-10-12-24(13-11-23)19-9-4-3-7-17(19)21/h3-9H,10-14H2,1-2H3,(H,22,25). The van der Waals surface area contributed by atoms with E-state index in [1.54, 1.807) is 0 Å². The Balaban J connectivity index is 1.53. The largest absolute Gasteiger partial charge is 0.368 e. The number of piperazine rings is 1. The molecule has 1 fully saturated rings. The monoisotopic (exact) mass is 357 g/mol. The maximum Gasteiger partial charge on any atom is 0.238 e. The summed E-state index contributed by atoms with van der Waals surface area (Å²) in [6.45, 7) is 7.97. The molecule has 1 aliphatic rings. The second kappa shape index (κ2) is 7.89. The van der Waals surface area contributed by atoms with Crippen LogP contribution in [0.4, 0.5) is 11.4 Å². The van der Waals surface area contributed by atoms with Crippen molar-refractivity contribution in [2.45, 2.75) is 13.8 Å². The molecule has 0 spiro atoms. The molecule has 1 saturated heterocycles. The van der Waals surface area contributed by atoms with Crippen LogP contribution in [0.3, 0.4) is 0 Å². The molecule has 0 atom stereocenters. The van der Waals surface area contributed by atoms with E-state index in [1.807, 2.05) is 43.3 Å². The first-order valence-corrected chi connectivity index (χ1v) is 9.00. The minimum atomic E-state index is 0.0416. The summed E-state index contributed by atoms with van der Waals surface area (Å²) < 4.78 is 0. The van der Waals surface area contributed by atoms with Crippen LogP contribution in [-0.2, 0) is 4.79 Å². The number of para-hydroxylation sites is 1. The molecule has 0 saturated carbocycles. The van der Waals surface area contributed by atoms with Crippen molar-refractivity contribution in [3.63, 3.8) is 0 Å². The second-order valence-electron chi connectivity index (χ2n) is 6.51. The molecule has 0 bridgehead atoms. The van der Waals surface area contributed by atoms with Crippen molar-refractivity contribution in [2.24, 2.45) is 0 Å². The fraction of sp³-hybridized carbons (Fsp3) is 0.350. The molecule has 1 heterocycles. The van der Waals surface area contributed by atoms with E-state index in [0.717, 1.165) is 48.1 Å². The Kier molecular flexibility index (Phi) is 5.61. The molecule has 132 valence electrons. The van der Waals surface area contributed by atoms with Gasteiger partial charge in [-0.3, -0.25) is 9.69 Å². The normalized spacial score (nSPS) is 15.2. The van der Waals surface area contributed by atoms with Gasteiger partial charge in [-0.05, 0) is 43.2 Å². The van der Waals surface area contributed by atoms with Gasteiger partial charge in [-0.1, -0.05) is 35.9 Å². The van der Waals surface area contributed by atoms with E-state index >= 15 is 0 Å². The predicted molar refractivity (Wildman–Crippen MR) is 105 cm³/mol. The number of nitrogens with zero attached hydrogens (tertiary/aromatic N) is 2. The lowest BCUT2D eigenvalue weighted by Crippen LogP contribution is -2.48. The van der Waals surface area contributed by atoms with Crippen LogP contribution in [0.2, 0.25) is 5.02 Å². The van der Waals surface area contributed by atoms with Crippen molar-refractivity contribution >= 4 is 28.9 Å². The van der Waals surface area contributed by atoms with E-state index in [-0.39, 0.29) is 5.91 Å². The highest BCUT2D eigenvalue weighted by molar-refractivity contribution is 6.33. The van der Waals surface area contributed by atoms with Gasteiger partial charge in [0, 0.05) is 31.9 Å². The third-order valence-corrected chi connectivity index (χ3v) is 5.13. The third kappa shape index (κ3) is 4.33. The number of carbonyl (C=O) groups is 1. The molecule has 1 aliphatic heterocycles. The Hall–Kier alpha value is -2.04. The summed E-state index contributed by atoms with van der Waals surface area (Å²) in [5, 5.41) is 3.82. The Morgan fingerprint density at radius 2 is 1.76 bits per heavy atom. The van der Waals surface area contributed by atoms with Crippen molar-refractivity contribution in [3.05, 3.63) is 58.6 Å². The summed E-state index contributed by atoms with van der Waals surface area (Å²) >= 11 is 6.28. The molecule has 25 heavy (non-hydrogen) atoms.